The predicted octanol–water partition coefficient (Wildman–Crippen LogP) is 4.83. The summed E-state index contributed by atoms with van der Waals surface area (Å²) in [6.07, 6.45) is -0.0435. The maximum Gasteiger partial charge on any atom is 0.391 e. The Labute approximate surface area is 227 Å². The van der Waals surface area contributed by atoms with Gasteiger partial charge in [-0.15, -0.1) is 0 Å². The molecule has 0 bridgehead atoms. The van der Waals surface area contributed by atoms with Crippen molar-refractivity contribution in [3.05, 3.63) is 58.9 Å². The van der Waals surface area contributed by atoms with Crippen molar-refractivity contribution in [1.29, 1.82) is 0 Å². The number of aromatic nitrogens is 1. The normalized spacial score (nSPS) is 23.0. The van der Waals surface area contributed by atoms with Crippen molar-refractivity contribution in [2.24, 2.45) is 17.8 Å². The summed E-state index contributed by atoms with van der Waals surface area (Å²) >= 11 is 0. The highest BCUT2D eigenvalue weighted by molar-refractivity contribution is 7.90. The van der Waals surface area contributed by atoms with Gasteiger partial charge in [0.05, 0.1) is 40.8 Å². The van der Waals surface area contributed by atoms with Gasteiger partial charge in [0.15, 0.2) is 9.84 Å². The molecule has 2 aromatic rings. The Morgan fingerprint density at radius 3 is 2.33 bits per heavy atom. The minimum absolute atomic E-state index is 0.0241. The number of alkyl halides is 3. The number of halogens is 3. The van der Waals surface area contributed by atoms with Crippen LogP contribution in [0.4, 0.5) is 13.2 Å². The fourth-order valence-corrected chi connectivity index (χ4v) is 6.50. The molecule has 1 aromatic carbocycles. The molecule has 0 saturated heterocycles. The Hall–Kier alpha value is -2.50. The average Bonchev–Trinajstić information content (AvgIpc) is 3.23. The molecular weight excluding hydrogens is 531 g/mol. The van der Waals surface area contributed by atoms with Crippen LogP contribution in [-0.2, 0) is 16.4 Å². The van der Waals surface area contributed by atoms with Crippen molar-refractivity contribution in [1.82, 2.24) is 15.2 Å². The molecule has 214 valence electrons. The number of aliphatic hydroxyl groups excluding tert-OH is 1. The minimum Gasteiger partial charge on any atom is -0.394 e. The molecule has 1 aromatic heterocycles. The molecule has 2 heterocycles. The Kier molecular flexibility index (Phi) is 8.73. The summed E-state index contributed by atoms with van der Waals surface area (Å²) in [5.74, 6) is -1.19. The lowest BCUT2D eigenvalue weighted by atomic mass is 9.81. The number of amides is 1. The van der Waals surface area contributed by atoms with Gasteiger partial charge in [-0.3, -0.25) is 14.7 Å². The first-order chi connectivity index (χ1) is 18.3. The molecule has 39 heavy (non-hydrogen) atoms. The van der Waals surface area contributed by atoms with Crippen molar-refractivity contribution in [2.75, 3.05) is 19.4 Å². The van der Waals surface area contributed by atoms with E-state index in [0.717, 1.165) is 17.5 Å². The quantitative estimate of drug-likeness (QED) is 0.474. The van der Waals surface area contributed by atoms with E-state index in [1.165, 1.54) is 18.3 Å². The van der Waals surface area contributed by atoms with Gasteiger partial charge >= 0.3 is 6.18 Å². The number of hydrogen-bond donors (Lipinski definition) is 2. The third-order valence-electron chi connectivity index (χ3n) is 7.94. The molecule has 2 aliphatic rings. The fourth-order valence-electron chi connectivity index (χ4n) is 5.87. The van der Waals surface area contributed by atoms with E-state index in [1.807, 2.05) is 0 Å². The number of carbonyl (C=O) groups is 1. The molecule has 1 saturated carbocycles. The van der Waals surface area contributed by atoms with Crippen LogP contribution in [0, 0.1) is 17.8 Å². The van der Waals surface area contributed by atoms with Gasteiger partial charge in [0.2, 0.25) is 0 Å². The third kappa shape index (κ3) is 6.81. The van der Waals surface area contributed by atoms with E-state index in [2.05, 4.69) is 29.0 Å². The van der Waals surface area contributed by atoms with Crippen LogP contribution in [0.15, 0.2) is 41.4 Å². The summed E-state index contributed by atoms with van der Waals surface area (Å²) in [4.78, 5) is 20.1. The second-order valence-corrected chi connectivity index (χ2v) is 13.2. The highest BCUT2D eigenvalue weighted by Crippen LogP contribution is 2.43. The second-order valence-electron chi connectivity index (χ2n) is 11.2. The van der Waals surface area contributed by atoms with Gasteiger partial charge in [-0.1, -0.05) is 26.0 Å². The molecule has 0 radical (unpaired) electrons. The zero-order chi connectivity index (χ0) is 28.5. The first-order valence-electron chi connectivity index (χ1n) is 13.3. The molecule has 11 heteroatoms. The van der Waals surface area contributed by atoms with Gasteiger partial charge in [0.25, 0.3) is 5.91 Å². The van der Waals surface area contributed by atoms with Gasteiger partial charge in [-0.05, 0) is 66.8 Å². The molecule has 1 aliphatic heterocycles. The van der Waals surface area contributed by atoms with E-state index >= 15 is 0 Å². The number of pyridine rings is 1. The number of sulfone groups is 1. The summed E-state index contributed by atoms with van der Waals surface area (Å²) in [5.41, 5.74) is 2.72. The van der Waals surface area contributed by atoms with Crippen LogP contribution in [-0.4, -0.2) is 54.9 Å². The lowest BCUT2D eigenvalue weighted by molar-refractivity contribution is -0.184. The second kappa shape index (κ2) is 11.5. The molecule has 2 atom stereocenters. The monoisotopic (exact) mass is 567 g/mol. The largest absolute Gasteiger partial charge is 0.394 e. The van der Waals surface area contributed by atoms with Gasteiger partial charge in [0, 0.05) is 25.5 Å². The summed E-state index contributed by atoms with van der Waals surface area (Å²) in [5, 5.41) is 12.7. The number of aliphatic hydroxyl groups is 1. The van der Waals surface area contributed by atoms with Crippen LogP contribution in [0.25, 0.3) is 0 Å². The van der Waals surface area contributed by atoms with Crippen molar-refractivity contribution in [2.45, 2.75) is 69.2 Å². The first-order valence-corrected chi connectivity index (χ1v) is 15.2. The lowest BCUT2D eigenvalue weighted by Gasteiger charge is -2.35. The van der Waals surface area contributed by atoms with Crippen molar-refractivity contribution in [3.63, 3.8) is 0 Å². The van der Waals surface area contributed by atoms with E-state index in [9.17, 15) is 31.5 Å². The zero-order valence-electron chi connectivity index (χ0n) is 22.4. The molecule has 0 unspecified atom stereocenters. The van der Waals surface area contributed by atoms with Gasteiger partial charge in [0.1, 0.15) is 0 Å². The molecule has 0 spiro atoms. The molecule has 1 amide bonds. The van der Waals surface area contributed by atoms with E-state index in [1.54, 1.807) is 18.2 Å². The van der Waals surface area contributed by atoms with E-state index < -0.39 is 33.9 Å². The summed E-state index contributed by atoms with van der Waals surface area (Å²) in [6, 6.07) is 7.09. The number of nitrogens with zero attached hydrogens (tertiary/aromatic N) is 2. The molecule has 1 fully saturated rings. The summed E-state index contributed by atoms with van der Waals surface area (Å²) in [6.45, 7) is 5.08. The van der Waals surface area contributed by atoms with E-state index in [4.69, 9.17) is 0 Å². The predicted molar refractivity (Wildman–Crippen MR) is 141 cm³/mol. The highest BCUT2D eigenvalue weighted by atomic mass is 32.2. The van der Waals surface area contributed by atoms with Crippen LogP contribution >= 0.6 is 0 Å². The van der Waals surface area contributed by atoms with Crippen molar-refractivity contribution >= 4 is 15.7 Å². The van der Waals surface area contributed by atoms with Crippen LogP contribution < -0.4 is 5.32 Å². The topological polar surface area (TPSA) is 99.6 Å². The Bertz CT molecular complexity index is 1270. The summed E-state index contributed by atoms with van der Waals surface area (Å²) < 4.78 is 62.7. The van der Waals surface area contributed by atoms with E-state index in [-0.39, 0.29) is 42.2 Å². The van der Waals surface area contributed by atoms with Gasteiger partial charge in [-0.25, -0.2) is 8.42 Å². The molecule has 2 N–H and O–H groups in total. The maximum atomic E-state index is 13.1. The third-order valence-corrected chi connectivity index (χ3v) is 9.07. The molecule has 7 nitrogen and oxygen atoms in total. The minimum atomic E-state index is -4.12. The van der Waals surface area contributed by atoms with Gasteiger partial charge < -0.3 is 10.4 Å². The number of nitrogens with one attached hydrogen (secondary N) is 1. The van der Waals surface area contributed by atoms with Crippen molar-refractivity contribution in [3.8, 4) is 0 Å². The van der Waals surface area contributed by atoms with Crippen molar-refractivity contribution < 1.29 is 31.5 Å². The SMILES string of the molecule is CC(C)[C@H]1c2ncc(C(=O)N[C@@H](CO)c3ccc(S(C)(=O)=O)cc3)cc2CN1CC1CCC(C(F)(F)F)CC1. The Balaban J connectivity index is 1.44. The average molecular weight is 568 g/mol. The highest BCUT2D eigenvalue weighted by Gasteiger charge is 2.42. The smallest absolute Gasteiger partial charge is 0.391 e. The standard InChI is InChI=1S/C28H36F3N3O4S/c1-17(2)26-25-21(15-34(26)14-18-4-8-22(9-5-18)28(29,30)31)12-20(13-32-25)27(36)33-24(16-35)19-6-10-23(11-7-19)39(3,37)38/h6-7,10-13,17-18,22,24,26,35H,4-5,8-9,14-16H2,1-3H3,(H,33,36)/t18?,22?,24-,26-/m0/s1. The number of fused-ring (bicyclic) bond motifs is 1. The van der Waals surface area contributed by atoms with Crippen LogP contribution in [0.1, 0.15) is 78.8 Å². The number of rotatable bonds is 8. The van der Waals surface area contributed by atoms with E-state index in [0.29, 0.717) is 37.1 Å². The Morgan fingerprint density at radius 1 is 1.15 bits per heavy atom. The number of carbonyl (C=O) groups excluding carboxylic acids is 1. The maximum absolute atomic E-state index is 13.1. The zero-order valence-corrected chi connectivity index (χ0v) is 23.2. The fraction of sp³-hybridized carbons (Fsp3) is 0.571. The molecule has 1 aliphatic carbocycles. The van der Waals surface area contributed by atoms with Gasteiger partial charge in [-0.2, -0.15) is 13.2 Å². The Morgan fingerprint density at radius 2 is 1.79 bits per heavy atom. The number of benzene rings is 1. The first kappa shape index (κ1) is 29.5. The van der Waals surface area contributed by atoms with Crippen LogP contribution in [0.5, 0.6) is 0 Å². The molecular formula is C28H36F3N3O4S. The van der Waals surface area contributed by atoms with Crippen LogP contribution in [0.2, 0.25) is 0 Å². The number of hydrogen-bond acceptors (Lipinski definition) is 6. The molecule has 4 rings (SSSR count). The van der Waals surface area contributed by atoms with Crippen LogP contribution in [0.3, 0.4) is 0 Å². The lowest BCUT2D eigenvalue weighted by Crippen LogP contribution is -2.35. The summed E-state index contributed by atoms with van der Waals surface area (Å²) in [7, 11) is -3.36.